The molecule has 1 atom stereocenters. The maximum absolute atomic E-state index is 11.3. The fraction of sp³-hybridized carbons (Fsp3) is 0.533. The van der Waals surface area contributed by atoms with Crippen LogP contribution in [-0.2, 0) is 5.54 Å². The molecule has 20 heavy (non-hydrogen) atoms. The van der Waals surface area contributed by atoms with Crippen LogP contribution >= 0.6 is 0 Å². The van der Waals surface area contributed by atoms with Gasteiger partial charge in [0.1, 0.15) is 0 Å². The van der Waals surface area contributed by atoms with Gasteiger partial charge in [-0.1, -0.05) is 37.6 Å². The van der Waals surface area contributed by atoms with Crippen molar-refractivity contribution in [1.29, 1.82) is 5.26 Å². The van der Waals surface area contributed by atoms with Crippen LogP contribution in [-0.4, -0.2) is 16.7 Å². The fourth-order valence-corrected chi connectivity index (χ4v) is 2.85. The van der Waals surface area contributed by atoms with Crippen LogP contribution < -0.4 is 0 Å². The van der Waals surface area contributed by atoms with Gasteiger partial charge in [-0.05, 0) is 31.4 Å². The minimum atomic E-state index is -0.645. The molecule has 0 radical (unpaired) electrons. The van der Waals surface area contributed by atoms with Crippen LogP contribution in [0.15, 0.2) is 29.6 Å². The van der Waals surface area contributed by atoms with E-state index in [1.807, 2.05) is 29.3 Å². The van der Waals surface area contributed by atoms with Gasteiger partial charge < -0.3 is 0 Å². The summed E-state index contributed by atoms with van der Waals surface area (Å²) in [4.78, 5) is 11.3. The molecule has 2 rings (SSSR count). The van der Waals surface area contributed by atoms with Gasteiger partial charge in [0.05, 0.1) is 16.9 Å². The van der Waals surface area contributed by atoms with E-state index in [2.05, 4.69) is 32.1 Å². The molecule has 0 saturated carbocycles. The number of hydrazine groups is 1. The topological polar surface area (TPSA) is 59.7 Å². The Labute approximate surface area is 119 Å². The van der Waals surface area contributed by atoms with Crippen molar-refractivity contribution >= 4 is 0 Å². The van der Waals surface area contributed by atoms with Gasteiger partial charge in [0.25, 0.3) is 0 Å². The molecule has 1 unspecified atom stereocenters. The minimum absolute atomic E-state index is 0.354. The van der Waals surface area contributed by atoms with Gasteiger partial charge in [-0.25, -0.2) is 0 Å². The van der Waals surface area contributed by atoms with Gasteiger partial charge >= 0.3 is 0 Å². The molecule has 0 spiro atoms. The normalized spacial score (nSPS) is 21.1. The van der Waals surface area contributed by atoms with Crippen LogP contribution in [0.25, 0.3) is 0 Å². The van der Waals surface area contributed by atoms with Crippen LogP contribution in [0.2, 0.25) is 0 Å². The Morgan fingerprint density at radius 3 is 2.70 bits per heavy atom. The van der Waals surface area contributed by atoms with Crippen molar-refractivity contribution in [1.82, 2.24) is 10.1 Å². The zero-order chi connectivity index (χ0) is 14.8. The number of unbranched alkanes of at least 4 members (excludes halogenated alkanes) is 1. The molecule has 1 aromatic carbocycles. The number of nitriles is 1. The molecule has 1 aromatic rings. The molecule has 1 aliphatic heterocycles. The standard InChI is InChI=1S/C15H20N4O/c1-4-5-10-18-15(2,3)13-9-7-6-8-12(13)14(11-16)19(18)17-20/h6-9,14H,4-5,10H2,1-3H3. The summed E-state index contributed by atoms with van der Waals surface area (Å²) < 4.78 is 0. The van der Waals surface area contributed by atoms with E-state index in [1.165, 1.54) is 5.12 Å². The maximum Gasteiger partial charge on any atom is 0.179 e. The smallest absolute Gasteiger partial charge is 0.179 e. The lowest BCUT2D eigenvalue weighted by molar-refractivity contribution is -0.133. The van der Waals surface area contributed by atoms with E-state index in [9.17, 15) is 10.2 Å². The highest BCUT2D eigenvalue weighted by Crippen LogP contribution is 2.42. The summed E-state index contributed by atoms with van der Waals surface area (Å²) in [6, 6.07) is 9.34. The van der Waals surface area contributed by atoms with Gasteiger partial charge in [-0.15, -0.1) is 4.91 Å². The predicted octanol–water partition coefficient (Wildman–Crippen LogP) is 3.50. The second kappa shape index (κ2) is 5.59. The van der Waals surface area contributed by atoms with Crippen molar-refractivity contribution in [2.75, 3.05) is 6.54 Å². The lowest BCUT2D eigenvalue weighted by atomic mass is 9.84. The van der Waals surface area contributed by atoms with Crippen molar-refractivity contribution in [3.05, 3.63) is 40.3 Å². The molecule has 5 heteroatoms. The Morgan fingerprint density at radius 1 is 1.40 bits per heavy atom. The molecule has 0 N–H and O–H groups in total. The van der Waals surface area contributed by atoms with E-state index in [4.69, 9.17) is 0 Å². The predicted molar refractivity (Wildman–Crippen MR) is 77.1 cm³/mol. The molecule has 5 nitrogen and oxygen atoms in total. The number of benzene rings is 1. The molecule has 0 aromatic heterocycles. The van der Waals surface area contributed by atoms with Gasteiger partial charge in [-0.3, -0.25) is 0 Å². The molecule has 1 aliphatic rings. The van der Waals surface area contributed by atoms with Crippen LogP contribution in [0.1, 0.15) is 50.8 Å². The number of hydrogen-bond donors (Lipinski definition) is 0. The number of rotatable bonds is 4. The highest BCUT2D eigenvalue weighted by Gasteiger charge is 2.44. The molecule has 0 saturated heterocycles. The third-order valence-electron chi connectivity index (χ3n) is 3.97. The van der Waals surface area contributed by atoms with Crippen LogP contribution in [0.5, 0.6) is 0 Å². The van der Waals surface area contributed by atoms with E-state index in [-0.39, 0.29) is 5.54 Å². The van der Waals surface area contributed by atoms with Crippen molar-refractivity contribution in [3.8, 4) is 6.07 Å². The van der Waals surface area contributed by atoms with Crippen molar-refractivity contribution < 1.29 is 0 Å². The summed E-state index contributed by atoms with van der Waals surface area (Å²) in [5.74, 6) is 0. The lowest BCUT2D eigenvalue weighted by Crippen LogP contribution is -2.55. The summed E-state index contributed by atoms with van der Waals surface area (Å²) in [5, 5.41) is 15.8. The first kappa shape index (κ1) is 14.5. The summed E-state index contributed by atoms with van der Waals surface area (Å²) in [6.45, 7) is 6.94. The summed E-state index contributed by atoms with van der Waals surface area (Å²) in [6.07, 6.45) is 1.98. The van der Waals surface area contributed by atoms with E-state index < -0.39 is 6.04 Å². The molecule has 106 valence electrons. The van der Waals surface area contributed by atoms with E-state index in [0.29, 0.717) is 6.54 Å². The average Bonchev–Trinajstić information content (AvgIpc) is 2.46. The summed E-state index contributed by atoms with van der Waals surface area (Å²) in [5.41, 5.74) is 1.60. The summed E-state index contributed by atoms with van der Waals surface area (Å²) in [7, 11) is 0. The molecule has 0 bridgehead atoms. The van der Waals surface area contributed by atoms with E-state index >= 15 is 0 Å². The minimum Gasteiger partial charge on any atom is -0.195 e. The fourth-order valence-electron chi connectivity index (χ4n) is 2.85. The zero-order valence-corrected chi connectivity index (χ0v) is 12.2. The monoisotopic (exact) mass is 272 g/mol. The highest BCUT2D eigenvalue weighted by molar-refractivity contribution is 5.39. The molecular weight excluding hydrogens is 252 g/mol. The third kappa shape index (κ3) is 2.16. The van der Waals surface area contributed by atoms with Gasteiger partial charge in [0.2, 0.25) is 0 Å². The molecule has 0 fully saturated rings. The highest BCUT2D eigenvalue weighted by atomic mass is 16.3. The van der Waals surface area contributed by atoms with Crippen LogP contribution in [0, 0.1) is 16.2 Å². The average molecular weight is 272 g/mol. The van der Waals surface area contributed by atoms with E-state index in [1.54, 1.807) is 0 Å². The van der Waals surface area contributed by atoms with Gasteiger partial charge in [0.15, 0.2) is 6.04 Å². The van der Waals surface area contributed by atoms with Gasteiger partial charge in [0, 0.05) is 6.54 Å². The molecular formula is C15H20N4O. The summed E-state index contributed by atoms with van der Waals surface area (Å²) >= 11 is 0. The van der Waals surface area contributed by atoms with Crippen molar-refractivity contribution in [2.24, 2.45) is 5.29 Å². The van der Waals surface area contributed by atoms with E-state index in [0.717, 1.165) is 24.0 Å². The third-order valence-corrected chi connectivity index (χ3v) is 3.97. The number of nitroso groups, excluding NO2 is 1. The number of hydrogen-bond acceptors (Lipinski definition) is 4. The number of nitrogens with zero attached hydrogens (tertiary/aromatic N) is 4. The van der Waals surface area contributed by atoms with Crippen LogP contribution in [0.4, 0.5) is 0 Å². The Morgan fingerprint density at radius 2 is 2.10 bits per heavy atom. The Kier molecular flexibility index (Phi) is 4.05. The first-order valence-electron chi connectivity index (χ1n) is 6.97. The Bertz CT molecular complexity index is 535. The second-order valence-electron chi connectivity index (χ2n) is 5.56. The van der Waals surface area contributed by atoms with Gasteiger partial charge in [-0.2, -0.15) is 15.4 Å². The Balaban J connectivity index is 2.54. The first-order valence-corrected chi connectivity index (χ1v) is 6.97. The van der Waals surface area contributed by atoms with Crippen LogP contribution in [0.3, 0.4) is 0 Å². The molecule has 0 amide bonds. The zero-order valence-electron chi connectivity index (χ0n) is 12.2. The number of fused-ring (bicyclic) bond motifs is 1. The Hall–Kier alpha value is -1.93. The van der Waals surface area contributed by atoms with Crippen molar-refractivity contribution in [3.63, 3.8) is 0 Å². The molecule has 1 heterocycles. The lowest BCUT2D eigenvalue weighted by Gasteiger charge is -2.49. The quantitative estimate of drug-likeness (QED) is 0.787. The largest absolute Gasteiger partial charge is 0.195 e. The maximum atomic E-state index is 11.3. The SMILES string of the molecule is CCCCN1N(N=O)C(C#N)c2ccccc2C1(C)C. The van der Waals surface area contributed by atoms with Crippen molar-refractivity contribution in [2.45, 2.75) is 45.2 Å². The molecule has 0 aliphatic carbocycles. The first-order chi connectivity index (χ1) is 9.57. The second-order valence-corrected chi connectivity index (χ2v) is 5.56.